The molecule has 2 atom stereocenters. The number of hydrogen-bond donors (Lipinski definition) is 3. The van der Waals surface area contributed by atoms with Crippen LogP contribution in [-0.4, -0.2) is 25.0 Å². The lowest BCUT2D eigenvalue weighted by molar-refractivity contribution is -0.0473. The maximum absolute atomic E-state index is 10.4. The van der Waals surface area contributed by atoms with Crippen molar-refractivity contribution >= 4 is 5.95 Å². The minimum atomic E-state index is -1.12. The Morgan fingerprint density at radius 3 is 3.00 bits per heavy atom. The molecule has 0 saturated carbocycles. The number of aromatic nitrogens is 3. The first kappa shape index (κ1) is 11.0. The maximum Gasteiger partial charge on any atom is 0.224 e. The van der Waals surface area contributed by atoms with Crippen molar-refractivity contribution in [3.05, 3.63) is 36.2 Å². The Morgan fingerprint density at radius 1 is 1.44 bits per heavy atom. The number of anilines is 1. The summed E-state index contributed by atoms with van der Waals surface area (Å²) in [4.78, 5) is 4.06. The molecule has 0 amide bonds. The fourth-order valence-corrected chi connectivity index (χ4v) is 2.34. The number of aliphatic hydroxyl groups is 1. The molecular formula is C12H14N4O2. The third kappa shape index (κ3) is 1.62. The molecule has 94 valence electrons. The normalized spacial score (nSPS) is 26.4. The molecule has 3 N–H and O–H groups in total. The maximum atomic E-state index is 10.4. The van der Waals surface area contributed by atoms with Crippen molar-refractivity contribution in [2.75, 3.05) is 5.32 Å². The van der Waals surface area contributed by atoms with Crippen molar-refractivity contribution in [2.45, 2.75) is 25.1 Å². The standard InChI is InChI=1S/C12H14N4O2/c1-12(18)6-9(8-4-2-3-5-10(8)17)15-11-13-7-14-16(11)12/h2-5,7,9,17-18H,6H2,1H3,(H,13,14,15). The predicted molar refractivity (Wildman–Crippen MR) is 65.0 cm³/mol. The number of aromatic hydroxyl groups is 1. The first-order chi connectivity index (χ1) is 8.58. The molecule has 1 aromatic heterocycles. The summed E-state index contributed by atoms with van der Waals surface area (Å²) in [6, 6.07) is 6.88. The van der Waals surface area contributed by atoms with E-state index in [4.69, 9.17) is 0 Å². The monoisotopic (exact) mass is 246 g/mol. The highest BCUT2D eigenvalue weighted by atomic mass is 16.3. The van der Waals surface area contributed by atoms with E-state index in [1.165, 1.54) is 11.0 Å². The fraction of sp³-hybridized carbons (Fsp3) is 0.333. The molecule has 6 nitrogen and oxygen atoms in total. The van der Waals surface area contributed by atoms with Gasteiger partial charge in [-0.15, -0.1) is 0 Å². The minimum absolute atomic E-state index is 0.196. The molecule has 2 heterocycles. The zero-order chi connectivity index (χ0) is 12.8. The Morgan fingerprint density at radius 2 is 2.22 bits per heavy atom. The highest BCUT2D eigenvalue weighted by Gasteiger charge is 2.37. The van der Waals surface area contributed by atoms with Crippen LogP contribution in [0.4, 0.5) is 5.95 Å². The molecule has 0 bridgehead atoms. The Labute approximate surface area is 104 Å². The molecule has 0 radical (unpaired) electrons. The van der Waals surface area contributed by atoms with Gasteiger partial charge in [0.25, 0.3) is 0 Å². The highest BCUT2D eigenvalue weighted by molar-refractivity contribution is 5.41. The average Bonchev–Trinajstić information content (AvgIpc) is 2.78. The second-order valence-electron chi connectivity index (χ2n) is 4.67. The van der Waals surface area contributed by atoms with Crippen molar-refractivity contribution in [1.29, 1.82) is 0 Å². The topological polar surface area (TPSA) is 83.2 Å². The molecule has 1 aromatic carbocycles. The van der Waals surface area contributed by atoms with Crippen LogP contribution in [0.1, 0.15) is 24.9 Å². The van der Waals surface area contributed by atoms with E-state index < -0.39 is 5.72 Å². The van der Waals surface area contributed by atoms with Crippen molar-refractivity contribution in [3.8, 4) is 5.75 Å². The summed E-state index contributed by atoms with van der Waals surface area (Å²) in [5.41, 5.74) is -0.378. The van der Waals surface area contributed by atoms with E-state index >= 15 is 0 Å². The van der Waals surface area contributed by atoms with Crippen LogP contribution in [0.2, 0.25) is 0 Å². The van der Waals surface area contributed by atoms with E-state index in [9.17, 15) is 10.2 Å². The van der Waals surface area contributed by atoms with Crippen LogP contribution in [0, 0.1) is 0 Å². The summed E-state index contributed by atoms with van der Waals surface area (Å²) in [5, 5.41) is 27.4. The Hall–Kier alpha value is -2.08. The minimum Gasteiger partial charge on any atom is -0.508 e. The zero-order valence-corrected chi connectivity index (χ0v) is 9.91. The van der Waals surface area contributed by atoms with Gasteiger partial charge in [-0.3, -0.25) is 0 Å². The molecule has 2 aromatic rings. The van der Waals surface area contributed by atoms with E-state index in [0.29, 0.717) is 12.4 Å². The van der Waals surface area contributed by atoms with Gasteiger partial charge in [-0.2, -0.15) is 10.1 Å². The summed E-state index contributed by atoms with van der Waals surface area (Å²) in [7, 11) is 0. The number of hydrogen-bond acceptors (Lipinski definition) is 5. The van der Waals surface area contributed by atoms with Crippen LogP contribution in [0.3, 0.4) is 0 Å². The Balaban J connectivity index is 2.02. The first-order valence-corrected chi connectivity index (χ1v) is 5.75. The molecule has 1 aliphatic heterocycles. The SMILES string of the molecule is CC1(O)CC(c2ccccc2O)Nc2ncnn21. The van der Waals surface area contributed by atoms with Crippen molar-refractivity contribution in [1.82, 2.24) is 14.8 Å². The summed E-state index contributed by atoms with van der Waals surface area (Å²) < 4.78 is 1.45. The first-order valence-electron chi connectivity index (χ1n) is 5.75. The lowest BCUT2D eigenvalue weighted by Crippen LogP contribution is -2.40. The quantitative estimate of drug-likeness (QED) is 0.704. The summed E-state index contributed by atoms with van der Waals surface area (Å²) in [6.07, 6.45) is 1.80. The van der Waals surface area contributed by atoms with Crippen LogP contribution in [0.5, 0.6) is 5.75 Å². The number of phenols is 1. The smallest absolute Gasteiger partial charge is 0.224 e. The van der Waals surface area contributed by atoms with E-state index in [1.807, 2.05) is 12.1 Å². The predicted octanol–water partition coefficient (Wildman–Crippen LogP) is 1.21. The lowest BCUT2D eigenvalue weighted by atomic mass is 9.95. The van der Waals surface area contributed by atoms with Crippen molar-refractivity contribution < 1.29 is 10.2 Å². The van der Waals surface area contributed by atoms with E-state index in [-0.39, 0.29) is 11.8 Å². The van der Waals surface area contributed by atoms with Crippen LogP contribution < -0.4 is 5.32 Å². The van der Waals surface area contributed by atoms with Crippen LogP contribution in [-0.2, 0) is 5.72 Å². The molecular weight excluding hydrogens is 232 g/mol. The third-order valence-corrected chi connectivity index (χ3v) is 3.21. The molecule has 3 rings (SSSR count). The lowest BCUT2D eigenvalue weighted by Gasteiger charge is -2.35. The summed E-state index contributed by atoms with van der Waals surface area (Å²) >= 11 is 0. The second kappa shape index (κ2) is 3.71. The van der Waals surface area contributed by atoms with E-state index in [1.54, 1.807) is 19.1 Å². The van der Waals surface area contributed by atoms with Gasteiger partial charge in [0, 0.05) is 12.0 Å². The van der Waals surface area contributed by atoms with Gasteiger partial charge in [-0.05, 0) is 13.0 Å². The summed E-state index contributed by atoms with van der Waals surface area (Å²) in [5.74, 6) is 0.707. The molecule has 18 heavy (non-hydrogen) atoms. The van der Waals surface area contributed by atoms with E-state index in [2.05, 4.69) is 15.4 Å². The van der Waals surface area contributed by atoms with Gasteiger partial charge in [0.1, 0.15) is 12.1 Å². The van der Waals surface area contributed by atoms with Crippen molar-refractivity contribution in [2.24, 2.45) is 0 Å². The molecule has 1 aliphatic rings. The molecule has 0 fully saturated rings. The van der Waals surface area contributed by atoms with Gasteiger partial charge < -0.3 is 15.5 Å². The van der Waals surface area contributed by atoms with Gasteiger partial charge in [-0.1, -0.05) is 18.2 Å². The number of nitrogens with zero attached hydrogens (tertiary/aromatic N) is 3. The molecule has 6 heteroatoms. The van der Waals surface area contributed by atoms with Crippen LogP contribution in [0.15, 0.2) is 30.6 Å². The molecule has 0 spiro atoms. The second-order valence-corrected chi connectivity index (χ2v) is 4.67. The Bertz CT molecular complexity index is 579. The van der Waals surface area contributed by atoms with Gasteiger partial charge >= 0.3 is 0 Å². The number of rotatable bonds is 1. The van der Waals surface area contributed by atoms with Crippen molar-refractivity contribution in [3.63, 3.8) is 0 Å². The third-order valence-electron chi connectivity index (χ3n) is 3.21. The van der Waals surface area contributed by atoms with Gasteiger partial charge in [0.2, 0.25) is 5.95 Å². The van der Waals surface area contributed by atoms with Gasteiger partial charge in [0.05, 0.1) is 6.04 Å². The van der Waals surface area contributed by atoms with Gasteiger partial charge in [-0.25, -0.2) is 4.68 Å². The molecule has 0 saturated heterocycles. The fourth-order valence-electron chi connectivity index (χ4n) is 2.34. The highest BCUT2D eigenvalue weighted by Crippen LogP contribution is 2.38. The van der Waals surface area contributed by atoms with Crippen LogP contribution >= 0.6 is 0 Å². The average molecular weight is 246 g/mol. The number of phenolic OH excluding ortho intramolecular Hbond substituents is 1. The van der Waals surface area contributed by atoms with E-state index in [0.717, 1.165) is 5.56 Å². The number of benzene rings is 1. The molecule has 2 unspecified atom stereocenters. The Kier molecular flexibility index (Phi) is 2.27. The largest absolute Gasteiger partial charge is 0.508 e. The van der Waals surface area contributed by atoms with Gasteiger partial charge in [0.15, 0.2) is 5.72 Å². The number of nitrogens with one attached hydrogen (secondary N) is 1. The summed E-state index contributed by atoms with van der Waals surface area (Å²) in [6.45, 7) is 1.68. The molecule has 0 aliphatic carbocycles. The zero-order valence-electron chi connectivity index (χ0n) is 9.91. The van der Waals surface area contributed by atoms with Crippen LogP contribution in [0.25, 0.3) is 0 Å². The number of fused-ring (bicyclic) bond motifs is 1. The number of para-hydroxylation sites is 1.